The van der Waals surface area contributed by atoms with Crippen molar-refractivity contribution in [2.75, 3.05) is 0 Å². The second-order valence-corrected chi connectivity index (χ2v) is 7.54. The van der Waals surface area contributed by atoms with E-state index in [0.29, 0.717) is 17.9 Å². The van der Waals surface area contributed by atoms with Crippen molar-refractivity contribution in [2.45, 2.75) is 84.1 Å². The fourth-order valence-corrected chi connectivity index (χ4v) is 5.07. The number of hydrogen-bond acceptors (Lipinski definition) is 3. The second kappa shape index (κ2) is 7.06. The van der Waals surface area contributed by atoms with Gasteiger partial charge in [-0.3, -0.25) is 0 Å². The van der Waals surface area contributed by atoms with Crippen LogP contribution >= 0.6 is 0 Å². The smallest absolute Gasteiger partial charge is 0.193 e. The van der Waals surface area contributed by atoms with E-state index in [1.807, 2.05) is 0 Å². The molecule has 3 nitrogen and oxygen atoms in total. The molecule has 0 aromatic carbocycles. The van der Waals surface area contributed by atoms with E-state index < -0.39 is 0 Å². The van der Waals surface area contributed by atoms with E-state index in [-0.39, 0.29) is 0 Å². The summed E-state index contributed by atoms with van der Waals surface area (Å²) >= 11 is 0. The standard InChI is InChI=1S/C19H33N3/c1-3-5-6-7-9-15-13(8-4-2)12-14-10-11-16-17(14)18(15)22-19(20)21-16/h13-14,16-17H,3-12H2,1-2H3,(H3,20,21,22)/t13-,14+,16+,17-/m1/s1. The Hall–Kier alpha value is -0.990. The van der Waals surface area contributed by atoms with E-state index in [9.17, 15) is 0 Å². The third-order valence-corrected chi connectivity index (χ3v) is 6.02. The minimum Gasteiger partial charge on any atom is -0.370 e. The molecule has 0 radical (unpaired) electrons. The zero-order valence-electron chi connectivity index (χ0n) is 14.4. The summed E-state index contributed by atoms with van der Waals surface area (Å²) in [6.45, 7) is 4.61. The summed E-state index contributed by atoms with van der Waals surface area (Å²) < 4.78 is 0. The predicted molar refractivity (Wildman–Crippen MR) is 93.6 cm³/mol. The van der Waals surface area contributed by atoms with E-state index in [2.05, 4.69) is 19.2 Å². The lowest BCUT2D eigenvalue weighted by molar-refractivity contribution is 0.278. The molecule has 0 bridgehead atoms. The Labute approximate surface area is 135 Å². The highest BCUT2D eigenvalue weighted by atomic mass is 15.2. The van der Waals surface area contributed by atoms with Crippen molar-refractivity contribution in [1.29, 1.82) is 0 Å². The third kappa shape index (κ3) is 3.04. The number of nitrogens with zero attached hydrogens (tertiary/aromatic N) is 1. The van der Waals surface area contributed by atoms with E-state index in [0.717, 1.165) is 11.8 Å². The van der Waals surface area contributed by atoms with Gasteiger partial charge in [-0.2, -0.15) is 0 Å². The van der Waals surface area contributed by atoms with Gasteiger partial charge < -0.3 is 11.1 Å². The summed E-state index contributed by atoms with van der Waals surface area (Å²) in [5.74, 6) is 2.96. The molecule has 0 aromatic rings. The number of hydrogen-bond donors (Lipinski definition) is 2. The van der Waals surface area contributed by atoms with Crippen molar-refractivity contribution >= 4 is 5.96 Å². The molecule has 0 unspecified atom stereocenters. The van der Waals surface area contributed by atoms with Crippen LogP contribution in [-0.4, -0.2) is 12.0 Å². The molecule has 1 fully saturated rings. The zero-order chi connectivity index (χ0) is 15.5. The largest absolute Gasteiger partial charge is 0.370 e. The van der Waals surface area contributed by atoms with Crippen molar-refractivity contribution in [3.63, 3.8) is 0 Å². The van der Waals surface area contributed by atoms with Gasteiger partial charge in [-0.05, 0) is 55.9 Å². The quantitative estimate of drug-likeness (QED) is 0.687. The van der Waals surface area contributed by atoms with Crippen molar-refractivity contribution in [3.05, 3.63) is 11.3 Å². The monoisotopic (exact) mass is 303 g/mol. The molecule has 1 aliphatic heterocycles. The van der Waals surface area contributed by atoms with Gasteiger partial charge in [0.1, 0.15) is 0 Å². The molecule has 2 aliphatic carbocycles. The maximum atomic E-state index is 6.09. The van der Waals surface area contributed by atoms with Crippen LogP contribution in [0.4, 0.5) is 0 Å². The molecule has 124 valence electrons. The Balaban J connectivity index is 1.83. The molecule has 3 rings (SSSR count). The Morgan fingerprint density at radius 2 is 2.00 bits per heavy atom. The van der Waals surface area contributed by atoms with Gasteiger partial charge in [-0.25, -0.2) is 4.99 Å². The predicted octanol–water partition coefficient (Wildman–Crippen LogP) is 4.34. The summed E-state index contributed by atoms with van der Waals surface area (Å²) in [7, 11) is 0. The van der Waals surface area contributed by atoms with Crippen LogP contribution in [0.15, 0.2) is 16.3 Å². The molecule has 0 spiro atoms. The summed E-state index contributed by atoms with van der Waals surface area (Å²) in [4.78, 5) is 4.69. The third-order valence-electron chi connectivity index (χ3n) is 6.02. The minimum atomic E-state index is 0.467. The summed E-state index contributed by atoms with van der Waals surface area (Å²) in [6.07, 6.45) is 13.3. The molecule has 1 heterocycles. The van der Waals surface area contributed by atoms with Gasteiger partial charge in [0.2, 0.25) is 0 Å². The molecule has 3 heteroatoms. The van der Waals surface area contributed by atoms with Crippen LogP contribution in [0.3, 0.4) is 0 Å². The first-order valence-electron chi connectivity index (χ1n) is 9.57. The molecular formula is C19H33N3. The van der Waals surface area contributed by atoms with Crippen LogP contribution in [-0.2, 0) is 0 Å². The topological polar surface area (TPSA) is 50.4 Å². The number of aliphatic imine (C=N–C) groups is 1. The molecular weight excluding hydrogens is 270 g/mol. The fraction of sp³-hybridized carbons (Fsp3) is 0.842. The number of rotatable bonds is 7. The highest BCUT2D eigenvalue weighted by Crippen LogP contribution is 2.50. The normalized spacial score (nSPS) is 33.5. The maximum absolute atomic E-state index is 6.09. The van der Waals surface area contributed by atoms with Gasteiger partial charge in [0.05, 0.1) is 6.04 Å². The first kappa shape index (κ1) is 15.9. The van der Waals surface area contributed by atoms with Gasteiger partial charge >= 0.3 is 0 Å². The second-order valence-electron chi connectivity index (χ2n) is 7.54. The number of guanidine groups is 1. The highest BCUT2D eigenvalue weighted by Gasteiger charge is 2.46. The Kier molecular flexibility index (Phi) is 5.10. The van der Waals surface area contributed by atoms with Gasteiger partial charge in [0.25, 0.3) is 0 Å². The molecule has 3 aliphatic rings. The highest BCUT2D eigenvalue weighted by molar-refractivity contribution is 5.81. The maximum Gasteiger partial charge on any atom is 0.193 e. The van der Waals surface area contributed by atoms with E-state index >= 15 is 0 Å². The van der Waals surface area contributed by atoms with Crippen LogP contribution in [0, 0.1) is 17.8 Å². The van der Waals surface area contributed by atoms with Crippen molar-refractivity contribution in [1.82, 2.24) is 5.32 Å². The van der Waals surface area contributed by atoms with Crippen LogP contribution in [0.5, 0.6) is 0 Å². The molecule has 0 aromatic heterocycles. The summed E-state index contributed by atoms with van der Waals surface area (Å²) in [6, 6.07) is 0.467. The van der Waals surface area contributed by atoms with Gasteiger partial charge in [-0.15, -0.1) is 0 Å². The van der Waals surface area contributed by atoms with E-state index in [1.54, 1.807) is 5.57 Å². The van der Waals surface area contributed by atoms with Crippen molar-refractivity contribution < 1.29 is 0 Å². The summed E-state index contributed by atoms with van der Waals surface area (Å²) in [5.41, 5.74) is 9.30. The first-order valence-corrected chi connectivity index (χ1v) is 9.57. The summed E-state index contributed by atoms with van der Waals surface area (Å²) in [5, 5.41) is 3.51. The van der Waals surface area contributed by atoms with Gasteiger partial charge in [-0.1, -0.05) is 39.5 Å². The van der Waals surface area contributed by atoms with E-state index in [4.69, 9.17) is 10.7 Å². The van der Waals surface area contributed by atoms with Gasteiger partial charge in [0, 0.05) is 11.6 Å². The number of nitrogens with one attached hydrogen (secondary N) is 1. The average molecular weight is 303 g/mol. The number of allylic oxidation sites excluding steroid dienone is 1. The van der Waals surface area contributed by atoms with Crippen LogP contribution in [0.2, 0.25) is 0 Å². The SMILES string of the molecule is CCCCCCC1=C2NC(N)=N[C@H]3CC[C@@H](C[C@H]1CCC)[C@@H]23. The number of unbranched alkanes of at least 4 members (excludes halogenated alkanes) is 3. The molecule has 4 atom stereocenters. The first-order chi connectivity index (χ1) is 10.7. The Morgan fingerprint density at radius 1 is 1.14 bits per heavy atom. The molecule has 22 heavy (non-hydrogen) atoms. The van der Waals surface area contributed by atoms with Crippen molar-refractivity contribution in [3.8, 4) is 0 Å². The lowest BCUT2D eigenvalue weighted by Gasteiger charge is -2.40. The lowest BCUT2D eigenvalue weighted by Crippen LogP contribution is -2.46. The fourth-order valence-electron chi connectivity index (χ4n) is 5.07. The molecule has 0 saturated heterocycles. The van der Waals surface area contributed by atoms with Crippen LogP contribution in [0.1, 0.15) is 78.1 Å². The average Bonchev–Trinajstić information content (AvgIpc) is 2.89. The van der Waals surface area contributed by atoms with E-state index in [1.165, 1.54) is 69.9 Å². The van der Waals surface area contributed by atoms with Crippen LogP contribution < -0.4 is 11.1 Å². The lowest BCUT2D eigenvalue weighted by atomic mass is 9.70. The van der Waals surface area contributed by atoms with Crippen molar-refractivity contribution in [2.24, 2.45) is 28.5 Å². The zero-order valence-corrected chi connectivity index (χ0v) is 14.4. The molecule has 1 saturated carbocycles. The van der Waals surface area contributed by atoms with Crippen LogP contribution in [0.25, 0.3) is 0 Å². The molecule has 0 amide bonds. The Morgan fingerprint density at radius 3 is 2.77 bits per heavy atom. The van der Waals surface area contributed by atoms with Gasteiger partial charge in [0.15, 0.2) is 5.96 Å². The minimum absolute atomic E-state index is 0.467. The molecule has 3 N–H and O–H groups in total. The number of nitrogens with two attached hydrogens (primary N) is 1. The Bertz CT molecular complexity index is 452.